The highest BCUT2D eigenvalue weighted by Crippen LogP contribution is 1.94. The Bertz CT molecular complexity index is 160. The first-order valence-electron chi connectivity index (χ1n) is 5.03. The molecule has 0 aromatic rings. The molecule has 0 saturated carbocycles. The summed E-state index contributed by atoms with van der Waals surface area (Å²) in [6.07, 6.45) is 0.554. The summed E-state index contributed by atoms with van der Waals surface area (Å²) in [7, 11) is 3.64. The lowest BCUT2D eigenvalue weighted by molar-refractivity contribution is -0.121. The summed E-state index contributed by atoms with van der Waals surface area (Å²) < 4.78 is 4.83. The van der Waals surface area contributed by atoms with Gasteiger partial charge in [-0.2, -0.15) is 0 Å². The van der Waals surface area contributed by atoms with Gasteiger partial charge in [0, 0.05) is 32.7 Å². The highest BCUT2D eigenvalue weighted by Gasteiger charge is 2.06. The molecule has 0 rings (SSSR count). The van der Waals surface area contributed by atoms with Crippen molar-refractivity contribution in [2.75, 3.05) is 33.9 Å². The molecule has 0 aromatic heterocycles. The van der Waals surface area contributed by atoms with Crippen LogP contribution in [0.1, 0.15) is 20.3 Å². The van der Waals surface area contributed by atoms with Gasteiger partial charge in [-0.05, 0) is 20.9 Å². The van der Waals surface area contributed by atoms with Crippen molar-refractivity contribution in [1.29, 1.82) is 0 Å². The van der Waals surface area contributed by atoms with Crippen molar-refractivity contribution in [2.45, 2.75) is 26.3 Å². The molecule has 0 aliphatic rings. The van der Waals surface area contributed by atoms with E-state index in [0.29, 0.717) is 25.6 Å². The molecule has 1 N–H and O–H groups in total. The third-order valence-corrected chi connectivity index (χ3v) is 2.20. The van der Waals surface area contributed by atoms with Crippen LogP contribution in [-0.2, 0) is 9.53 Å². The van der Waals surface area contributed by atoms with Gasteiger partial charge in [0.1, 0.15) is 0 Å². The second-order valence-corrected chi connectivity index (χ2v) is 3.67. The first-order chi connectivity index (χ1) is 6.57. The van der Waals surface area contributed by atoms with Gasteiger partial charge in [0.2, 0.25) is 5.91 Å². The fourth-order valence-corrected chi connectivity index (χ4v) is 0.917. The van der Waals surface area contributed by atoms with Crippen LogP contribution in [0, 0.1) is 0 Å². The number of nitrogens with zero attached hydrogens (tertiary/aromatic N) is 1. The number of carbonyl (C=O) groups is 1. The number of carbonyl (C=O) groups excluding carboxylic acids is 1. The standard InChI is InChI=1S/C10H22N2O2/c1-9(2)12(3)7-5-10(13)11-6-8-14-4/h9H,5-8H2,1-4H3,(H,11,13). The van der Waals surface area contributed by atoms with E-state index in [4.69, 9.17) is 4.74 Å². The maximum atomic E-state index is 11.3. The molecule has 0 aliphatic carbocycles. The van der Waals surface area contributed by atoms with Crippen LogP contribution in [0.4, 0.5) is 0 Å². The summed E-state index contributed by atoms with van der Waals surface area (Å²) in [4.78, 5) is 13.4. The van der Waals surface area contributed by atoms with Crippen molar-refractivity contribution in [3.05, 3.63) is 0 Å². The van der Waals surface area contributed by atoms with Gasteiger partial charge in [0.15, 0.2) is 0 Å². The molecule has 0 saturated heterocycles. The van der Waals surface area contributed by atoms with E-state index in [0.717, 1.165) is 6.54 Å². The Kier molecular flexibility index (Phi) is 7.42. The molecule has 4 heteroatoms. The molecule has 84 valence electrons. The van der Waals surface area contributed by atoms with Gasteiger partial charge in [0.25, 0.3) is 0 Å². The number of hydrogen-bond acceptors (Lipinski definition) is 3. The van der Waals surface area contributed by atoms with Crippen LogP contribution in [0.2, 0.25) is 0 Å². The quantitative estimate of drug-likeness (QED) is 0.611. The molecule has 0 aliphatic heterocycles. The second-order valence-electron chi connectivity index (χ2n) is 3.67. The second kappa shape index (κ2) is 7.76. The predicted molar refractivity (Wildman–Crippen MR) is 57.3 cm³/mol. The van der Waals surface area contributed by atoms with Crippen molar-refractivity contribution in [1.82, 2.24) is 10.2 Å². The molecule has 0 aromatic carbocycles. The molecule has 0 heterocycles. The summed E-state index contributed by atoms with van der Waals surface area (Å²) in [6.45, 7) is 6.20. The van der Waals surface area contributed by atoms with Crippen molar-refractivity contribution in [3.8, 4) is 0 Å². The average Bonchev–Trinajstić information content (AvgIpc) is 2.14. The smallest absolute Gasteiger partial charge is 0.221 e. The van der Waals surface area contributed by atoms with Gasteiger partial charge in [-0.15, -0.1) is 0 Å². The van der Waals surface area contributed by atoms with Gasteiger partial charge in [-0.25, -0.2) is 0 Å². The molecule has 0 fully saturated rings. The minimum absolute atomic E-state index is 0.0922. The number of methoxy groups -OCH3 is 1. The van der Waals surface area contributed by atoms with E-state index in [1.165, 1.54) is 0 Å². The first-order valence-corrected chi connectivity index (χ1v) is 5.03. The van der Waals surface area contributed by atoms with Gasteiger partial charge in [-0.1, -0.05) is 0 Å². The van der Waals surface area contributed by atoms with Gasteiger partial charge < -0.3 is 15.0 Å². The molecular weight excluding hydrogens is 180 g/mol. The van der Waals surface area contributed by atoms with Crippen molar-refractivity contribution in [2.24, 2.45) is 0 Å². The molecule has 0 atom stereocenters. The maximum Gasteiger partial charge on any atom is 0.221 e. The van der Waals surface area contributed by atoms with E-state index in [9.17, 15) is 4.79 Å². The molecule has 0 spiro atoms. The fourth-order valence-electron chi connectivity index (χ4n) is 0.917. The molecule has 14 heavy (non-hydrogen) atoms. The predicted octanol–water partition coefficient (Wildman–Crippen LogP) is 0.479. The summed E-state index contributed by atoms with van der Waals surface area (Å²) >= 11 is 0. The lowest BCUT2D eigenvalue weighted by Gasteiger charge is -2.20. The monoisotopic (exact) mass is 202 g/mol. The zero-order valence-corrected chi connectivity index (χ0v) is 9.67. The number of nitrogens with one attached hydrogen (secondary N) is 1. The molecule has 0 radical (unpaired) electrons. The minimum Gasteiger partial charge on any atom is -0.383 e. The van der Waals surface area contributed by atoms with Crippen LogP contribution in [0.25, 0.3) is 0 Å². The van der Waals surface area contributed by atoms with Gasteiger partial charge in [-0.3, -0.25) is 4.79 Å². The third kappa shape index (κ3) is 6.86. The van der Waals surface area contributed by atoms with Crippen LogP contribution < -0.4 is 5.32 Å². The van der Waals surface area contributed by atoms with E-state index >= 15 is 0 Å². The third-order valence-electron chi connectivity index (χ3n) is 2.20. The zero-order valence-electron chi connectivity index (χ0n) is 9.67. The van der Waals surface area contributed by atoms with Crippen LogP contribution in [-0.4, -0.2) is 50.7 Å². The molecule has 4 nitrogen and oxygen atoms in total. The number of hydrogen-bond donors (Lipinski definition) is 1. The first kappa shape index (κ1) is 13.4. The minimum atomic E-state index is 0.0922. The van der Waals surface area contributed by atoms with E-state index < -0.39 is 0 Å². The SMILES string of the molecule is COCCNC(=O)CCN(C)C(C)C. The lowest BCUT2D eigenvalue weighted by atomic mass is 10.3. The Morgan fingerprint density at radius 1 is 1.50 bits per heavy atom. The van der Waals surface area contributed by atoms with Crippen molar-refractivity contribution < 1.29 is 9.53 Å². The Morgan fingerprint density at radius 2 is 2.14 bits per heavy atom. The summed E-state index contributed by atoms with van der Waals surface area (Å²) in [6, 6.07) is 0.488. The average molecular weight is 202 g/mol. The zero-order chi connectivity index (χ0) is 11.0. The largest absolute Gasteiger partial charge is 0.383 e. The topological polar surface area (TPSA) is 41.6 Å². The highest BCUT2D eigenvalue weighted by atomic mass is 16.5. The van der Waals surface area contributed by atoms with Crippen molar-refractivity contribution >= 4 is 5.91 Å². The van der Waals surface area contributed by atoms with Gasteiger partial charge in [0.05, 0.1) is 6.61 Å². The Hall–Kier alpha value is -0.610. The van der Waals surface area contributed by atoms with E-state index in [-0.39, 0.29) is 5.91 Å². The Balaban J connectivity index is 3.44. The number of rotatable bonds is 7. The summed E-state index contributed by atoms with van der Waals surface area (Å²) in [5.41, 5.74) is 0. The van der Waals surface area contributed by atoms with Crippen molar-refractivity contribution in [3.63, 3.8) is 0 Å². The summed E-state index contributed by atoms with van der Waals surface area (Å²) in [5.74, 6) is 0.0922. The molecular formula is C10H22N2O2. The maximum absolute atomic E-state index is 11.3. The number of amides is 1. The van der Waals surface area contributed by atoms with Crippen LogP contribution in [0.3, 0.4) is 0 Å². The number of ether oxygens (including phenoxy) is 1. The molecule has 1 amide bonds. The Labute approximate surface area is 86.6 Å². The molecule has 0 bridgehead atoms. The normalized spacial score (nSPS) is 11.0. The Morgan fingerprint density at radius 3 is 2.64 bits per heavy atom. The van der Waals surface area contributed by atoms with E-state index in [2.05, 4.69) is 24.1 Å². The highest BCUT2D eigenvalue weighted by molar-refractivity contribution is 5.76. The fraction of sp³-hybridized carbons (Fsp3) is 0.900. The lowest BCUT2D eigenvalue weighted by Crippen LogP contribution is -2.33. The molecule has 0 unspecified atom stereocenters. The van der Waals surface area contributed by atoms with Crippen LogP contribution >= 0.6 is 0 Å². The van der Waals surface area contributed by atoms with E-state index in [1.807, 2.05) is 7.05 Å². The van der Waals surface area contributed by atoms with Crippen LogP contribution in [0.15, 0.2) is 0 Å². The van der Waals surface area contributed by atoms with E-state index in [1.54, 1.807) is 7.11 Å². The summed E-state index contributed by atoms with van der Waals surface area (Å²) in [5, 5.41) is 2.79. The van der Waals surface area contributed by atoms with Gasteiger partial charge >= 0.3 is 0 Å². The van der Waals surface area contributed by atoms with Crippen LogP contribution in [0.5, 0.6) is 0 Å².